The molecule has 1 aliphatic rings. The number of rotatable bonds is 6. The van der Waals surface area contributed by atoms with Crippen LogP contribution < -0.4 is 9.47 Å². The fraction of sp³-hybridized carbons (Fsp3) is 0.0286. The average Bonchev–Trinajstić information content (AvgIpc) is 3.26. The summed E-state index contributed by atoms with van der Waals surface area (Å²) in [5.74, 6) is 1.12. The molecule has 3 heterocycles. The maximum atomic E-state index is 12.5. The Morgan fingerprint density at radius 2 is 1.02 bits per heavy atom. The van der Waals surface area contributed by atoms with Gasteiger partial charge in [-0.05, 0) is 69.1 Å². The van der Waals surface area contributed by atoms with Gasteiger partial charge in [0.1, 0.15) is 24.2 Å². The highest BCUT2D eigenvalue weighted by Crippen LogP contribution is 2.47. The second-order valence-electron chi connectivity index (χ2n) is 9.89. The van der Waals surface area contributed by atoms with Gasteiger partial charge in [-0.1, -0.05) is 48.6 Å². The van der Waals surface area contributed by atoms with Crippen LogP contribution in [0.15, 0.2) is 110 Å². The summed E-state index contributed by atoms with van der Waals surface area (Å²) in [7, 11) is 0. The molecule has 1 aliphatic heterocycles. The summed E-state index contributed by atoms with van der Waals surface area (Å²) in [6, 6.07) is 20.0. The van der Waals surface area contributed by atoms with E-state index in [-0.39, 0.29) is 18.4 Å². The molecule has 0 atom stereocenters. The number of carbonyl (C=O) groups excluding carboxylic acids is 2. The van der Waals surface area contributed by atoms with Gasteiger partial charge >= 0.3 is 0 Å². The van der Waals surface area contributed by atoms with Gasteiger partial charge in [0.15, 0.2) is 11.6 Å². The number of hydrogen-bond acceptors (Lipinski definition) is 8. The smallest absolute Gasteiger partial charge is 0.230 e. The summed E-state index contributed by atoms with van der Waals surface area (Å²) in [6.45, 7) is 0.0925. The van der Waals surface area contributed by atoms with E-state index in [1.165, 1.54) is 49.6 Å². The van der Waals surface area contributed by atoms with Gasteiger partial charge in [0.25, 0.3) is 0 Å². The lowest BCUT2D eigenvalue weighted by Gasteiger charge is -2.14. The van der Waals surface area contributed by atoms with Crippen molar-refractivity contribution in [2.45, 2.75) is 0 Å². The van der Waals surface area contributed by atoms with Crippen LogP contribution in [0, 0.1) is 0 Å². The molecule has 8 nitrogen and oxygen atoms in total. The Morgan fingerprint density at radius 3 is 1.47 bits per heavy atom. The van der Waals surface area contributed by atoms with Gasteiger partial charge in [0, 0.05) is 35.9 Å². The third-order valence-corrected chi connectivity index (χ3v) is 7.23. The highest BCUT2D eigenvalue weighted by Gasteiger charge is 2.22. The molecule has 0 spiro atoms. The van der Waals surface area contributed by atoms with Gasteiger partial charge in [-0.3, -0.25) is 9.59 Å². The van der Waals surface area contributed by atoms with Crippen molar-refractivity contribution < 1.29 is 19.1 Å². The van der Waals surface area contributed by atoms with E-state index in [0.717, 1.165) is 55.3 Å². The minimum atomic E-state index is -0.166. The van der Waals surface area contributed by atoms with Gasteiger partial charge in [-0.2, -0.15) is 0 Å². The number of benzene rings is 4. The van der Waals surface area contributed by atoms with Crippen molar-refractivity contribution in [1.82, 2.24) is 19.9 Å². The third-order valence-electron chi connectivity index (χ3n) is 7.23. The van der Waals surface area contributed by atoms with Crippen molar-refractivity contribution in [2.24, 2.45) is 0 Å². The minimum absolute atomic E-state index is 0.0925. The summed E-state index contributed by atoms with van der Waals surface area (Å²) in [4.78, 5) is 40.7. The summed E-state index contributed by atoms with van der Waals surface area (Å²) in [5.41, 5.74) is 4.50. The fourth-order valence-corrected chi connectivity index (χ4v) is 5.17. The van der Waals surface area contributed by atoms with E-state index in [9.17, 15) is 9.59 Å². The lowest BCUT2D eigenvalue weighted by atomic mass is 9.91. The van der Waals surface area contributed by atoms with E-state index in [2.05, 4.69) is 19.9 Å². The summed E-state index contributed by atoms with van der Waals surface area (Å²) in [6.07, 6.45) is 15.4. The topological polar surface area (TPSA) is 104 Å². The number of ether oxygens (including phenoxy) is 2. The second kappa shape index (κ2) is 11.1. The van der Waals surface area contributed by atoms with Crippen LogP contribution in [0.25, 0.3) is 44.8 Å². The number of allylic oxidation sites excluding steroid dienone is 2. The Bertz CT molecular complexity index is 1940. The van der Waals surface area contributed by atoms with Gasteiger partial charge in [0.2, 0.25) is 6.79 Å². The third kappa shape index (κ3) is 5.13. The molecule has 6 aromatic rings. The number of carbonyl (C=O) groups is 2. The van der Waals surface area contributed by atoms with Crippen LogP contribution >= 0.6 is 0 Å². The summed E-state index contributed by atoms with van der Waals surface area (Å²) in [5, 5.41) is 3.98. The predicted molar refractivity (Wildman–Crippen MR) is 164 cm³/mol. The molecule has 0 unspecified atom stereocenters. The monoisotopic (exact) mass is 562 g/mol. The molecular weight excluding hydrogens is 540 g/mol. The molecule has 0 saturated carbocycles. The first kappa shape index (κ1) is 25.9. The van der Waals surface area contributed by atoms with E-state index in [0.29, 0.717) is 11.1 Å². The van der Waals surface area contributed by atoms with Gasteiger partial charge in [-0.25, -0.2) is 19.9 Å². The molecule has 0 N–H and O–H groups in total. The first-order chi connectivity index (χ1) is 21.1. The molecule has 206 valence electrons. The molecule has 0 aliphatic carbocycles. The van der Waals surface area contributed by atoms with E-state index >= 15 is 0 Å². The van der Waals surface area contributed by atoms with Gasteiger partial charge < -0.3 is 9.47 Å². The van der Waals surface area contributed by atoms with Crippen molar-refractivity contribution in [3.05, 3.63) is 133 Å². The van der Waals surface area contributed by atoms with Crippen LogP contribution in [0.2, 0.25) is 0 Å². The van der Waals surface area contributed by atoms with E-state index in [1.807, 2.05) is 60.7 Å². The second-order valence-corrected chi connectivity index (χ2v) is 9.89. The number of fused-ring (bicyclic) bond motifs is 7. The highest BCUT2D eigenvalue weighted by molar-refractivity contribution is 6.11. The van der Waals surface area contributed by atoms with Crippen molar-refractivity contribution in [2.75, 3.05) is 6.79 Å². The largest absolute Gasteiger partial charge is 0.457 e. The summed E-state index contributed by atoms with van der Waals surface area (Å²) < 4.78 is 12.1. The Morgan fingerprint density at radius 1 is 0.581 bits per heavy atom. The Hall–Kier alpha value is -6.02. The Kier molecular flexibility index (Phi) is 6.69. The fourth-order valence-electron chi connectivity index (χ4n) is 5.17. The van der Waals surface area contributed by atoms with Crippen LogP contribution in [-0.2, 0) is 0 Å². The number of ketones is 2. The Labute approximate surface area is 246 Å². The van der Waals surface area contributed by atoms with E-state index in [1.54, 1.807) is 12.2 Å². The number of nitrogens with zero attached hydrogens (tertiary/aromatic N) is 4. The molecule has 43 heavy (non-hydrogen) atoms. The molecule has 0 bridgehead atoms. The van der Waals surface area contributed by atoms with Crippen LogP contribution in [0.3, 0.4) is 0 Å². The van der Waals surface area contributed by atoms with Gasteiger partial charge in [0.05, 0.1) is 11.1 Å². The standard InChI is InChI=1S/C35H22N4O4/c40-30(26-15-36-19-37-16-26)9-3-22-1-7-28-24(13-22)5-11-32-34(28)35-29-8-2-23(4-10-31(41)27-17-38-20-39-18-27)14-25(29)6-12-33(35)43-21-42-32/h1-20H,21H2/b9-3-,10-4-. The maximum Gasteiger partial charge on any atom is 0.230 e. The first-order valence-electron chi connectivity index (χ1n) is 13.5. The highest BCUT2D eigenvalue weighted by atomic mass is 16.7. The maximum absolute atomic E-state index is 12.5. The summed E-state index contributed by atoms with van der Waals surface area (Å²) >= 11 is 0. The molecule has 0 amide bonds. The Balaban J connectivity index is 1.27. The van der Waals surface area contributed by atoms with Crippen LogP contribution in [-0.4, -0.2) is 38.3 Å². The van der Waals surface area contributed by atoms with Crippen LogP contribution in [0.5, 0.6) is 11.5 Å². The lowest BCUT2D eigenvalue weighted by molar-refractivity contribution is 0.103. The zero-order chi connectivity index (χ0) is 29.2. The molecule has 0 fully saturated rings. The van der Waals surface area contributed by atoms with E-state index < -0.39 is 0 Å². The molecule has 0 radical (unpaired) electrons. The van der Waals surface area contributed by atoms with Crippen molar-refractivity contribution >= 4 is 45.3 Å². The number of aromatic nitrogens is 4. The zero-order valence-corrected chi connectivity index (χ0v) is 22.7. The van der Waals surface area contributed by atoms with Crippen molar-refractivity contribution in [3.63, 3.8) is 0 Å². The van der Waals surface area contributed by atoms with E-state index in [4.69, 9.17) is 9.47 Å². The van der Waals surface area contributed by atoms with Crippen LogP contribution in [0.4, 0.5) is 0 Å². The molecule has 4 aromatic carbocycles. The average molecular weight is 563 g/mol. The molecular formula is C35H22N4O4. The molecule has 7 rings (SSSR count). The van der Waals surface area contributed by atoms with Crippen molar-refractivity contribution in [3.8, 4) is 22.6 Å². The number of hydrogen-bond donors (Lipinski definition) is 0. The molecule has 8 heteroatoms. The minimum Gasteiger partial charge on any atom is -0.457 e. The van der Waals surface area contributed by atoms with Gasteiger partial charge in [-0.15, -0.1) is 0 Å². The van der Waals surface area contributed by atoms with Crippen molar-refractivity contribution in [1.29, 1.82) is 0 Å². The quantitative estimate of drug-likeness (QED) is 0.162. The lowest BCUT2D eigenvalue weighted by Crippen LogP contribution is -2.03. The molecule has 0 saturated heterocycles. The predicted octanol–water partition coefficient (Wildman–Crippen LogP) is 6.76. The van der Waals surface area contributed by atoms with Crippen LogP contribution in [0.1, 0.15) is 31.8 Å². The first-order valence-corrected chi connectivity index (χ1v) is 13.5. The normalized spacial score (nSPS) is 12.5. The molecule has 2 aromatic heterocycles. The SMILES string of the molecule is O=C(/C=C\c1ccc2c3c(ccc2c1)OCOc1ccc2cc(/C=C\C(=O)c4cncnc4)ccc2c1-3)c1cncnc1. The zero-order valence-electron chi connectivity index (χ0n) is 22.7.